The van der Waals surface area contributed by atoms with Gasteiger partial charge in [0.1, 0.15) is 10.8 Å². The zero-order valence-electron chi connectivity index (χ0n) is 11.8. The number of nitrogens with zero attached hydrogens (tertiary/aromatic N) is 3. The van der Waals surface area contributed by atoms with Gasteiger partial charge in [-0.1, -0.05) is 18.5 Å². The lowest BCUT2D eigenvalue weighted by atomic mass is 10.2. The summed E-state index contributed by atoms with van der Waals surface area (Å²) in [6.07, 6.45) is 2.76. The van der Waals surface area contributed by atoms with Crippen LogP contribution in [0.2, 0.25) is 5.02 Å². The second-order valence-corrected chi connectivity index (χ2v) is 6.90. The van der Waals surface area contributed by atoms with E-state index in [1.807, 2.05) is 36.7 Å². The van der Waals surface area contributed by atoms with Crippen LogP contribution in [0.4, 0.5) is 0 Å². The normalized spacial score (nSPS) is 14.5. The van der Waals surface area contributed by atoms with Crippen molar-refractivity contribution in [2.24, 2.45) is 0 Å². The molecule has 0 fully saturated rings. The standard InChI is InChI=1S/C15H15Cl2N3S/c1-3-12(15-18-6-7-21-15)20-13-5-4-10(17)8-11(13)19-14(20)9(2)16/h4-9,12H,3H2,1-2H3. The maximum Gasteiger partial charge on any atom is 0.128 e. The Hall–Kier alpha value is -1.10. The van der Waals surface area contributed by atoms with Gasteiger partial charge in [-0.2, -0.15) is 0 Å². The third-order valence-electron chi connectivity index (χ3n) is 3.47. The van der Waals surface area contributed by atoms with Crippen LogP contribution in [0.15, 0.2) is 29.8 Å². The first-order valence-electron chi connectivity index (χ1n) is 6.82. The molecule has 0 aliphatic rings. The van der Waals surface area contributed by atoms with Gasteiger partial charge in [-0.15, -0.1) is 22.9 Å². The lowest BCUT2D eigenvalue weighted by molar-refractivity contribution is 0.552. The van der Waals surface area contributed by atoms with E-state index in [4.69, 9.17) is 23.2 Å². The summed E-state index contributed by atoms with van der Waals surface area (Å²) in [6, 6.07) is 5.92. The first kappa shape index (κ1) is 14.8. The Balaban J connectivity index is 2.26. The van der Waals surface area contributed by atoms with Crippen LogP contribution in [0.1, 0.15) is 42.5 Å². The SMILES string of the molecule is CCC(c1nccs1)n1c(C(C)Cl)nc2cc(Cl)ccc21. The van der Waals surface area contributed by atoms with Crippen LogP contribution in [0.5, 0.6) is 0 Å². The minimum absolute atomic E-state index is 0.146. The molecule has 0 spiro atoms. The number of rotatable bonds is 4. The molecule has 0 aliphatic carbocycles. The molecule has 0 saturated heterocycles. The minimum Gasteiger partial charge on any atom is -0.317 e. The molecule has 0 saturated carbocycles. The number of imidazole rings is 1. The van der Waals surface area contributed by atoms with Gasteiger partial charge in [0.25, 0.3) is 0 Å². The number of thiazole rings is 1. The summed E-state index contributed by atoms with van der Waals surface area (Å²) in [4.78, 5) is 9.14. The Kier molecular flexibility index (Phi) is 4.20. The second kappa shape index (κ2) is 5.95. The summed E-state index contributed by atoms with van der Waals surface area (Å²) >= 11 is 14.1. The number of hydrogen-bond acceptors (Lipinski definition) is 3. The van der Waals surface area contributed by atoms with Crippen molar-refractivity contribution in [3.8, 4) is 0 Å². The molecule has 2 atom stereocenters. The van der Waals surface area contributed by atoms with Crippen LogP contribution in [-0.2, 0) is 0 Å². The van der Waals surface area contributed by atoms with Gasteiger partial charge in [-0.25, -0.2) is 9.97 Å². The third kappa shape index (κ3) is 2.68. The molecule has 0 aliphatic heterocycles. The molecule has 2 aromatic heterocycles. The fourth-order valence-corrected chi connectivity index (χ4v) is 3.70. The fourth-order valence-electron chi connectivity index (χ4n) is 2.57. The summed E-state index contributed by atoms with van der Waals surface area (Å²) in [5.74, 6) is 0.857. The number of halogens is 2. The van der Waals surface area contributed by atoms with Gasteiger partial charge in [0.05, 0.1) is 22.5 Å². The Morgan fingerprint density at radius 2 is 2.19 bits per heavy atom. The van der Waals surface area contributed by atoms with Crippen LogP contribution < -0.4 is 0 Å². The van der Waals surface area contributed by atoms with E-state index in [2.05, 4.69) is 21.5 Å². The van der Waals surface area contributed by atoms with Crippen LogP contribution >= 0.6 is 34.5 Å². The van der Waals surface area contributed by atoms with E-state index in [-0.39, 0.29) is 11.4 Å². The minimum atomic E-state index is -0.176. The number of benzene rings is 1. The van der Waals surface area contributed by atoms with Gasteiger partial charge in [-0.05, 0) is 31.5 Å². The zero-order chi connectivity index (χ0) is 15.0. The molecule has 0 bridgehead atoms. The van der Waals surface area contributed by atoms with Crippen molar-refractivity contribution in [3.05, 3.63) is 45.6 Å². The van der Waals surface area contributed by atoms with E-state index in [0.717, 1.165) is 28.3 Å². The van der Waals surface area contributed by atoms with Gasteiger partial charge in [-0.3, -0.25) is 0 Å². The Bertz CT molecular complexity index is 750. The third-order valence-corrected chi connectivity index (χ3v) is 4.78. The highest BCUT2D eigenvalue weighted by molar-refractivity contribution is 7.09. The second-order valence-electron chi connectivity index (χ2n) is 4.88. The molecular weight excluding hydrogens is 325 g/mol. The molecule has 0 amide bonds. The molecule has 3 aromatic rings. The number of alkyl halides is 1. The van der Waals surface area contributed by atoms with Gasteiger partial charge >= 0.3 is 0 Å². The molecule has 21 heavy (non-hydrogen) atoms. The van der Waals surface area contributed by atoms with Crippen LogP contribution in [0, 0.1) is 0 Å². The molecule has 6 heteroatoms. The smallest absolute Gasteiger partial charge is 0.128 e. The Morgan fingerprint density at radius 1 is 1.38 bits per heavy atom. The summed E-state index contributed by atoms with van der Waals surface area (Å²) in [7, 11) is 0. The summed E-state index contributed by atoms with van der Waals surface area (Å²) in [5.41, 5.74) is 1.92. The lowest BCUT2D eigenvalue weighted by Gasteiger charge is -2.19. The van der Waals surface area contributed by atoms with Gasteiger partial charge in [0, 0.05) is 16.6 Å². The van der Waals surface area contributed by atoms with E-state index in [1.54, 1.807) is 11.3 Å². The highest BCUT2D eigenvalue weighted by atomic mass is 35.5. The van der Waals surface area contributed by atoms with Gasteiger partial charge in [0.2, 0.25) is 0 Å². The number of aromatic nitrogens is 3. The predicted octanol–water partition coefficient (Wildman–Crippen LogP) is 5.45. The molecule has 0 radical (unpaired) electrons. The van der Waals surface area contributed by atoms with Gasteiger partial charge in [0.15, 0.2) is 0 Å². The molecule has 2 unspecified atom stereocenters. The van der Waals surface area contributed by atoms with E-state index in [0.29, 0.717) is 5.02 Å². The fraction of sp³-hybridized carbons (Fsp3) is 0.333. The molecule has 110 valence electrons. The van der Waals surface area contributed by atoms with Crippen molar-refractivity contribution in [1.82, 2.24) is 14.5 Å². The maximum absolute atomic E-state index is 6.35. The zero-order valence-corrected chi connectivity index (χ0v) is 14.1. The highest BCUT2D eigenvalue weighted by Gasteiger charge is 2.23. The topological polar surface area (TPSA) is 30.7 Å². The van der Waals surface area contributed by atoms with Crippen molar-refractivity contribution < 1.29 is 0 Å². The highest BCUT2D eigenvalue weighted by Crippen LogP contribution is 2.34. The Morgan fingerprint density at radius 3 is 2.81 bits per heavy atom. The van der Waals surface area contributed by atoms with Crippen LogP contribution in [0.25, 0.3) is 11.0 Å². The quantitative estimate of drug-likeness (QED) is 0.592. The lowest BCUT2D eigenvalue weighted by Crippen LogP contribution is -2.13. The van der Waals surface area contributed by atoms with E-state index in [1.165, 1.54) is 0 Å². The summed E-state index contributed by atoms with van der Waals surface area (Å²) in [6.45, 7) is 4.09. The average molecular weight is 340 g/mol. The van der Waals surface area contributed by atoms with E-state index in [9.17, 15) is 0 Å². The average Bonchev–Trinajstić information content (AvgIpc) is 3.08. The van der Waals surface area contributed by atoms with Crippen molar-refractivity contribution in [2.45, 2.75) is 31.7 Å². The van der Waals surface area contributed by atoms with Crippen molar-refractivity contribution >= 4 is 45.6 Å². The summed E-state index contributed by atoms with van der Waals surface area (Å²) < 4.78 is 2.20. The van der Waals surface area contributed by atoms with Crippen LogP contribution in [-0.4, -0.2) is 14.5 Å². The van der Waals surface area contributed by atoms with Crippen molar-refractivity contribution in [1.29, 1.82) is 0 Å². The first-order chi connectivity index (χ1) is 10.1. The molecule has 0 N–H and O–H groups in total. The van der Waals surface area contributed by atoms with Crippen LogP contribution in [0.3, 0.4) is 0 Å². The molecular formula is C15H15Cl2N3S. The Labute approximate surface area is 137 Å². The number of hydrogen-bond donors (Lipinski definition) is 0. The monoisotopic (exact) mass is 339 g/mol. The van der Waals surface area contributed by atoms with E-state index < -0.39 is 0 Å². The largest absolute Gasteiger partial charge is 0.317 e. The summed E-state index contributed by atoms with van der Waals surface area (Å²) in [5, 5.41) is 3.58. The van der Waals surface area contributed by atoms with Crippen molar-refractivity contribution in [3.63, 3.8) is 0 Å². The first-order valence-corrected chi connectivity index (χ1v) is 8.52. The number of fused-ring (bicyclic) bond motifs is 1. The molecule has 2 heterocycles. The molecule has 3 nitrogen and oxygen atoms in total. The maximum atomic E-state index is 6.35. The van der Waals surface area contributed by atoms with Gasteiger partial charge < -0.3 is 4.57 Å². The predicted molar refractivity (Wildman–Crippen MR) is 89.6 cm³/mol. The van der Waals surface area contributed by atoms with E-state index >= 15 is 0 Å². The molecule has 3 rings (SSSR count). The molecule has 1 aromatic carbocycles. The van der Waals surface area contributed by atoms with Crippen molar-refractivity contribution in [2.75, 3.05) is 0 Å².